The summed E-state index contributed by atoms with van der Waals surface area (Å²) in [5.74, 6) is 0.237. The Morgan fingerprint density at radius 2 is 0.761 bits per heavy atom. The molecule has 0 aromatic carbocycles. The summed E-state index contributed by atoms with van der Waals surface area (Å²) >= 11 is 0. The van der Waals surface area contributed by atoms with E-state index in [9.17, 15) is 14.4 Å². The maximum absolute atomic E-state index is 14.0. The molecule has 0 radical (unpaired) electrons. The van der Waals surface area contributed by atoms with Gasteiger partial charge in [0.1, 0.15) is 12.2 Å². The van der Waals surface area contributed by atoms with E-state index < -0.39 is 0 Å². The van der Waals surface area contributed by atoms with Crippen LogP contribution in [0.25, 0.3) is 0 Å². The molecule has 1 amide bonds. The van der Waals surface area contributed by atoms with E-state index in [4.69, 9.17) is 18.9 Å². The maximum Gasteiger partial charge on any atom is 0.306 e. The number of carbonyl (C=O) groups excluding carboxylic acids is 3. The minimum Gasteiger partial charge on any atom is -0.462 e. The molecule has 0 aromatic heterocycles. The molecule has 420 valence electrons. The quantitative estimate of drug-likeness (QED) is 0.0439. The standard InChI is InChI=1S/C62H120N2O7/c1-6-11-16-21-24-33-46-60(65)64(52-39-38-51-63-49-36-37-50-63)57(55-68-53-40-27-22-25-34-47-61(66)70-58(42-29-17-12-7-2)43-30-18-13-8-3)56-69-54-41-28-23-26-35-48-62(67)71-59(44-31-19-14-9-4)45-32-20-15-10-5/h57-59H,6-56H2,1-5H3. The normalized spacial score (nSPS) is 13.1. The largest absolute Gasteiger partial charge is 0.462 e. The lowest BCUT2D eigenvalue weighted by molar-refractivity contribution is -0.151. The topological polar surface area (TPSA) is 94.6 Å². The van der Waals surface area contributed by atoms with Crippen LogP contribution in [0.3, 0.4) is 0 Å². The van der Waals surface area contributed by atoms with E-state index in [0.29, 0.717) is 45.7 Å². The van der Waals surface area contributed by atoms with Gasteiger partial charge in [0.15, 0.2) is 0 Å². The van der Waals surface area contributed by atoms with Gasteiger partial charge in [0.2, 0.25) is 5.91 Å². The van der Waals surface area contributed by atoms with E-state index >= 15 is 0 Å². The first-order valence-electron chi connectivity index (χ1n) is 31.4. The van der Waals surface area contributed by atoms with Crippen LogP contribution < -0.4 is 0 Å². The molecule has 9 heteroatoms. The van der Waals surface area contributed by atoms with E-state index in [1.165, 1.54) is 129 Å². The first-order valence-corrected chi connectivity index (χ1v) is 31.4. The second-order valence-corrected chi connectivity index (χ2v) is 21.8. The highest BCUT2D eigenvalue weighted by molar-refractivity contribution is 5.76. The molecule has 9 nitrogen and oxygen atoms in total. The molecule has 1 rings (SSSR count). The van der Waals surface area contributed by atoms with Crippen molar-refractivity contribution in [3.8, 4) is 0 Å². The van der Waals surface area contributed by atoms with Crippen molar-refractivity contribution in [3.05, 3.63) is 0 Å². The average Bonchev–Trinajstić information content (AvgIpc) is 3.89. The summed E-state index contributed by atoms with van der Waals surface area (Å²) in [6, 6.07) is -0.0874. The molecule has 0 unspecified atom stereocenters. The number of nitrogens with zero attached hydrogens (tertiary/aromatic N) is 2. The summed E-state index contributed by atoms with van der Waals surface area (Å²) in [6.07, 6.45) is 47.3. The molecule has 1 fully saturated rings. The minimum atomic E-state index is -0.0874. The molecule has 1 aliphatic rings. The number of esters is 2. The van der Waals surface area contributed by atoms with Crippen molar-refractivity contribution in [2.75, 3.05) is 52.6 Å². The van der Waals surface area contributed by atoms with Crippen molar-refractivity contribution in [1.29, 1.82) is 0 Å². The molecule has 0 spiro atoms. The van der Waals surface area contributed by atoms with E-state index in [1.54, 1.807) is 0 Å². The number of likely N-dealkylation sites (tertiary alicyclic amines) is 1. The van der Waals surface area contributed by atoms with Crippen LogP contribution in [-0.4, -0.2) is 98.5 Å². The van der Waals surface area contributed by atoms with Gasteiger partial charge in [-0.15, -0.1) is 0 Å². The number of unbranched alkanes of at least 4 members (excludes halogenated alkanes) is 26. The van der Waals surface area contributed by atoms with Crippen LogP contribution in [0.4, 0.5) is 0 Å². The van der Waals surface area contributed by atoms with Crippen molar-refractivity contribution in [2.45, 2.75) is 329 Å². The Balaban J connectivity index is 2.66. The smallest absolute Gasteiger partial charge is 0.306 e. The van der Waals surface area contributed by atoms with Gasteiger partial charge in [-0.3, -0.25) is 14.4 Å². The molecule has 0 bridgehead atoms. The summed E-state index contributed by atoms with van der Waals surface area (Å²) in [4.78, 5) is 44.4. The van der Waals surface area contributed by atoms with Crippen LogP contribution in [0.5, 0.6) is 0 Å². The summed E-state index contributed by atoms with van der Waals surface area (Å²) in [6.45, 7) is 17.9. The zero-order valence-corrected chi connectivity index (χ0v) is 48.0. The monoisotopic (exact) mass is 1000 g/mol. The highest BCUT2D eigenvalue weighted by Crippen LogP contribution is 2.20. The Labute approximate surface area is 440 Å². The molecule has 1 saturated heterocycles. The molecule has 0 aromatic rings. The third-order valence-corrected chi connectivity index (χ3v) is 14.9. The zero-order chi connectivity index (χ0) is 51.5. The van der Waals surface area contributed by atoms with Crippen LogP contribution in [0.2, 0.25) is 0 Å². The number of amides is 1. The van der Waals surface area contributed by atoms with Gasteiger partial charge in [-0.25, -0.2) is 0 Å². The van der Waals surface area contributed by atoms with Gasteiger partial charge in [0.05, 0.1) is 19.3 Å². The fourth-order valence-corrected chi connectivity index (χ4v) is 10.2. The first kappa shape index (κ1) is 67.3. The fourth-order valence-electron chi connectivity index (χ4n) is 10.2. The maximum atomic E-state index is 14.0. The molecule has 0 N–H and O–H groups in total. The van der Waals surface area contributed by atoms with E-state index in [-0.39, 0.29) is 36.1 Å². The third-order valence-electron chi connectivity index (χ3n) is 14.9. The van der Waals surface area contributed by atoms with Gasteiger partial charge in [-0.2, -0.15) is 0 Å². The molecular weight excluding hydrogens is 885 g/mol. The minimum absolute atomic E-state index is 0.0111. The van der Waals surface area contributed by atoms with Crippen molar-refractivity contribution in [3.63, 3.8) is 0 Å². The highest BCUT2D eigenvalue weighted by Gasteiger charge is 2.24. The van der Waals surface area contributed by atoms with Gasteiger partial charge in [-0.05, 0) is 129 Å². The summed E-state index contributed by atoms with van der Waals surface area (Å²) in [5, 5.41) is 0. The number of hydrogen-bond donors (Lipinski definition) is 0. The van der Waals surface area contributed by atoms with Crippen LogP contribution in [-0.2, 0) is 33.3 Å². The fraction of sp³-hybridized carbons (Fsp3) is 0.952. The van der Waals surface area contributed by atoms with E-state index in [0.717, 1.165) is 154 Å². The van der Waals surface area contributed by atoms with Gasteiger partial charge in [0, 0.05) is 39.0 Å². The second kappa shape index (κ2) is 51.8. The average molecular weight is 1010 g/mol. The van der Waals surface area contributed by atoms with Crippen molar-refractivity contribution in [1.82, 2.24) is 9.80 Å². The lowest BCUT2D eigenvalue weighted by Gasteiger charge is -2.32. The van der Waals surface area contributed by atoms with Crippen molar-refractivity contribution < 1.29 is 33.3 Å². The lowest BCUT2D eigenvalue weighted by Crippen LogP contribution is -2.46. The Hall–Kier alpha value is -1.71. The number of hydrogen-bond acceptors (Lipinski definition) is 8. The molecule has 1 aliphatic heterocycles. The first-order chi connectivity index (χ1) is 34.9. The van der Waals surface area contributed by atoms with Crippen LogP contribution in [0.1, 0.15) is 311 Å². The molecule has 71 heavy (non-hydrogen) atoms. The van der Waals surface area contributed by atoms with Crippen LogP contribution in [0, 0.1) is 0 Å². The zero-order valence-electron chi connectivity index (χ0n) is 48.0. The summed E-state index contributed by atoms with van der Waals surface area (Å²) < 4.78 is 24.8. The summed E-state index contributed by atoms with van der Waals surface area (Å²) in [7, 11) is 0. The molecule has 0 saturated carbocycles. The second-order valence-electron chi connectivity index (χ2n) is 21.8. The number of carbonyl (C=O) groups is 3. The van der Waals surface area contributed by atoms with Gasteiger partial charge >= 0.3 is 11.9 Å². The number of rotatable bonds is 55. The molecule has 0 atom stereocenters. The number of ether oxygens (including phenoxy) is 4. The van der Waals surface area contributed by atoms with E-state index in [1.807, 2.05) is 0 Å². The Morgan fingerprint density at radius 3 is 1.17 bits per heavy atom. The van der Waals surface area contributed by atoms with E-state index in [2.05, 4.69) is 44.4 Å². The molecule has 1 heterocycles. The van der Waals surface area contributed by atoms with Gasteiger partial charge in [0.25, 0.3) is 0 Å². The predicted molar refractivity (Wildman–Crippen MR) is 300 cm³/mol. The molecular formula is C62H120N2O7. The Morgan fingerprint density at radius 1 is 0.408 bits per heavy atom. The highest BCUT2D eigenvalue weighted by atomic mass is 16.5. The predicted octanol–water partition coefficient (Wildman–Crippen LogP) is 17.2. The van der Waals surface area contributed by atoms with Crippen molar-refractivity contribution >= 4 is 17.8 Å². The summed E-state index contributed by atoms with van der Waals surface area (Å²) in [5.41, 5.74) is 0. The van der Waals surface area contributed by atoms with Crippen LogP contribution in [0.15, 0.2) is 0 Å². The lowest BCUT2D eigenvalue weighted by atomic mass is 10.0. The van der Waals surface area contributed by atoms with Crippen molar-refractivity contribution in [2.24, 2.45) is 0 Å². The SMILES string of the molecule is CCCCCCCCC(=O)N(CCCCN1CCCC1)C(COCCCCCCCC(=O)OC(CCCCCC)CCCCCC)COCCCCCCCC(=O)OC(CCCCCC)CCCCCC. The van der Waals surface area contributed by atoms with Gasteiger partial charge < -0.3 is 28.7 Å². The Kier molecular flexibility index (Phi) is 49.1. The van der Waals surface area contributed by atoms with Crippen LogP contribution >= 0.6 is 0 Å². The molecule has 0 aliphatic carbocycles. The van der Waals surface area contributed by atoms with Gasteiger partial charge in [-0.1, -0.05) is 182 Å². The Bertz CT molecular complexity index is 1080. The third kappa shape index (κ3) is 42.2.